The Balaban J connectivity index is 1.51. The zero-order valence-corrected chi connectivity index (χ0v) is 15.7. The molecule has 0 radical (unpaired) electrons. The number of aromatic nitrogens is 2. The molecule has 0 unspecified atom stereocenters. The molecule has 1 N–H and O–H groups in total. The molecule has 0 saturated carbocycles. The smallest absolute Gasteiger partial charge is 0.233 e. The standard InChI is InChI=1S/C18H19N3O2S2/c1-12(25-18-15-8-10-24-17(15)20-11-21-18)16(22)19-9-7-13-3-5-14(23-2)6-4-13/h3-6,8,10-12H,7,9H2,1-2H3,(H,19,22)/t12-/m1/s1. The highest BCUT2D eigenvalue weighted by molar-refractivity contribution is 8.00. The molecule has 1 atom stereocenters. The molecule has 2 aromatic heterocycles. The quantitative estimate of drug-likeness (QED) is 0.507. The molecule has 0 bridgehead atoms. The number of thioether (sulfide) groups is 1. The summed E-state index contributed by atoms with van der Waals surface area (Å²) in [6.07, 6.45) is 2.34. The lowest BCUT2D eigenvalue weighted by atomic mass is 10.1. The number of fused-ring (bicyclic) bond motifs is 1. The first-order valence-electron chi connectivity index (χ1n) is 7.93. The van der Waals surface area contributed by atoms with E-state index in [9.17, 15) is 4.79 Å². The lowest BCUT2D eigenvalue weighted by molar-refractivity contribution is -0.120. The Kier molecular flexibility index (Phi) is 5.88. The van der Waals surface area contributed by atoms with Crippen molar-refractivity contribution in [1.82, 2.24) is 15.3 Å². The second-order valence-electron chi connectivity index (χ2n) is 5.47. The van der Waals surface area contributed by atoms with E-state index in [-0.39, 0.29) is 11.2 Å². The summed E-state index contributed by atoms with van der Waals surface area (Å²) in [7, 11) is 1.65. The van der Waals surface area contributed by atoms with Gasteiger partial charge in [-0.25, -0.2) is 9.97 Å². The number of nitrogens with zero attached hydrogens (tertiary/aromatic N) is 2. The fraction of sp³-hybridized carbons (Fsp3) is 0.278. The molecule has 1 aromatic carbocycles. The van der Waals surface area contributed by atoms with Crippen LogP contribution in [0.25, 0.3) is 10.2 Å². The third-order valence-corrected chi connectivity index (χ3v) is 5.69. The number of ether oxygens (including phenoxy) is 1. The molecule has 3 aromatic rings. The average Bonchev–Trinajstić information content (AvgIpc) is 3.12. The maximum atomic E-state index is 12.3. The molecule has 0 aliphatic heterocycles. The number of hydrogen-bond acceptors (Lipinski definition) is 6. The third-order valence-electron chi connectivity index (χ3n) is 3.75. The summed E-state index contributed by atoms with van der Waals surface area (Å²) in [5, 5.41) is 6.63. The first-order chi connectivity index (χ1) is 12.2. The van der Waals surface area contributed by atoms with Crippen LogP contribution >= 0.6 is 23.1 Å². The van der Waals surface area contributed by atoms with E-state index in [0.717, 1.165) is 33.0 Å². The van der Waals surface area contributed by atoms with Crippen LogP contribution in [0.4, 0.5) is 0 Å². The third kappa shape index (κ3) is 4.49. The van der Waals surface area contributed by atoms with E-state index in [1.54, 1.807) is 24.8 Å². The maximum Gasteiger partial charge on any atom is 0.233 e. The Morgan fingerprint density at radius 1 is 1.28 bits per heavy atom. The molecule has 2 heterocycles. The Bertz CT molecular complexity index is 849. The van der Waals surface area contributed by atoms with Crippen molar-refractivity contribution < 1.29 is 9.53 Å². The van der Waals surface area contributed by atoms with Gasteiger partial charge in [0, 0.05) is 11.9 Å². The van der Waals surface area contributed by atoms with Crippen molar-refractivity contribution in [3.63, 3.8) is 0 Å². The highest BCUT2D eigenvalue weighted by Gasteiger charge is 2.16. The Morgan fingerprint density at radius 2 is 2.08 bits per heavy atom. The van der Waals surface area contributed by atoms with Gasteiger partial charge in [-0.3, -0.25) is 4.79 Å². The molecule has 25 heavy (non-hydrogen) atoms. The number of amides is 1. The minimum atomic E-state index is -0.214. The summed E-state index contributed by atoms with van der Waals surface area (Å²) >= 11 is 3.04. The number of carbonyl (C=O) groups is 1. The fourth-order valence-electron chi connectivity index (χ4n) is 2.35. The van der Waals surface area contributed by atoms with Crippen LogP contribution in [0.1, 0.15) is 12.5 Å². The van der Waals surface area contributed by atoms with Crippen LogP contribution in [0.5, 0.6) is 5.75 Å². The van der Waals surface area contributed by atoms with Crippen molar-refractivity contribution in [1.29, 1.82) is 0 Å². The summed E-state index contributed by atoms with van der Waals surface area (Å²) in [6, 6.07) is 9.87. The van der Waals surface area contributed by atoms with Crippen molar-refractivity contribution in [3.8, 4) is 5.75 Å². The normalized spacial score (nSPS) is 12.1. The topological polar surface area (TPSA) is 64.1 Å². The molecule has 0 saturated heterocycles. The maximum absolute atomic E-state index is 12.3. The van der Waals surface area contributed by atoms with Gasteiger partial charge < -0.3 is 10.1 Å². The second-order valence-corrected chi connectivity index (χ2v) is 7.69. The molecular formula is C18H19N3O2S2. The van der Waals surface area contributed by atoms with E-state index in [2.05, 4.69) is 15.3 Å². The van der Waals surface area contributed by atoms with Crippen molar-refractivity contribution in [2.75, 3.05) is 13.7 Å². The molecule has 0 aliphatic carbocycles. The zero-order valence-electron chi connectivity index (χ0n) is 14.1. The van der Waals surface area contributed by atoms with Crippen molar-refractivity contribution in [2.45, 2.75) is 23.6 Å². The molecule has 0 aliphatic rings. The Hall–Kier alpha value is -2.12. The summed E-state index contributed by atoms with van der Waals surface area (Å²) in [5.41, 5.74) is 1.16. The molecular weight excluding hydrogens is 354 g/mol. The largest absolute Gasteiger partial charge is 0.497 e. The minimum absolute atomic E-state index is 0.0144. The zero-order chi connectivity index (χ0) is 17.6. The first kappa shape index (κ1) is 17.7. The molecule has 5 nitrogen and oxygen atoms in total. The molecule has 1 amide bonds. The fourth-order valence-corrected chi connectivity index (χ4v) is 4.07. The molecule has 7 heteroatoms. The van der Waals surface area contributed by atoms with Gasteiger partial charge in [-0.05, 0) is 42.5 Å². The highest BCUT2D eigenvalue weighted by Crippen LogP contribution is 2.30. The van der Waals surface area contributed by atoms with E-state index in [0.29, 0.717) is 6.54 Å². The van der Waals surface area contributed by atoms with Crippen molar-refractivity contribution >= 4 is 39.2 Å². The van der Waals surface area contributed by atoms with E-state index in [1.165, 1.54) is 11.8 Å². The van der Waals surface area contributed by atoms with Gasteiger partial charge in [-0.15, -0.1) is 11.3 Å². The predicted molar refractivity (Wildman–Crippen MR) is 102 cm³/mol. The number of hydrogen-bond donors (Lipinski definition) is 1. The van der Waals surface area contributed by atoms with Gasteiger partial charge in [0.25, 0.3) is 0 Å². The second kappa shape index (κ2) is 8.31. The van der Waals surface area contributed by atoms with Crippen LogP contribution in [0.3, 0.4) is 0 Å². The monoisotopic (exact) mass is 373 g/mol. The van der Waals surface area contributed by atoms with E-state index in [4.69, 9.17) is 4.74 Å². The van der Waals surface area contributed by atoms with Gasteiger partial charge >= 0.3 is 0 Å². The van der Waals surface area contributed by atoms with E-state index in [1.807, 2.05) is 42.6 Å². The van der Waals surface area contributed by atoms with Gasteiger partial charge in [-0.1, -0.05) is 23.9 Å². The number of rotatable bonds is 7. The SMILES string of the molecule is COc1ccc(CCNC(=O)[C@@H](C)Sc2ncnc3sccc23)cc1. The Morgan fingerprint density at radius 3 is 2.84 bits per heavy atom. The number of nitrogens with one attached hydrogen (secondary N) is 1. The summed E-state index contributed by atoms with van der Waals surface area (Å²) in [5.74, 6) is 0.850. The number of benzene rings is 1. The van der Waals surface area contributed by atoms with Gasteiger partial charge in [0.1, 0.15) is 21.9 Å². The van der Waals surface area contributed by atoms with Gasteiger partial charge in [0.05, 0.1) is 12.4 Å². The van der Waals surface area contributed by atoms with Crippen LogP contribution in [-0.4, -0.2) is 34.8 Å². The predicted octanol–water partition coefficient (Wildman–Crippen LogP) is 3.54. The van der Waals surface area contributed by atoms with E-state index < -0.39 is 0 Å². The van der Waals surface area contributed by atoms with Crippen LogP contribution < -0.4 is 10.1 Å². The minimum Gasteiger partial charge on any atom is -0.497 e. The lowest BCUT2D eigenvalue weighted by Gasteiger charge is -2.12. The lowest BCUT2D eigenvalue weighted by Crippen LogP contribution is -2.32. The average molecular weight is 374 g/mol. The molecule has 3 rings (SSSR count). The number of carbonyl (C=O) groups excluding carboxylic acids is 1. The number of thiophene rings is 1. The molecule has 0 fully saturated rings. The van der Waals surface area contributed by atoms with Crippen LogP contribution in [-0.2, 0) is 11.2 Å². The van der Waals surface area contributed by atoms with Gasteiger partial charge in [0.15, 0.2) is 0 Å². The molecule has 130 valence electrons. The van der Waals surface area contributed by atoms with Crippen LogP contribution in [0, 0.1) is 0 Å². The van der Waals surface area contributed by atoms with Gasteiger partial charge in [-0.2, -0.15) is 0 Å². The summed E-state index contributed by atoms with van der Waals surface area (Å²) in [4.78, 5) is 21.8. The summed E-state index contributed by atoms with van der Waals surface area (Å²) < 4.78 is 5.14. The first-order valence-corrected chi connectivity index (χ1v) is 9.69. The van der Waals surface area contributed by atoms with Crippen molar-refractivity contribution in [3.05, 3.63) is 47.6 Å². The van der Waals surface area contributed by atoms with Crippen LogP contribution in [0.15, 0.2) is 47.1 Å². The van der Waals surface area contributed by atoms with E-state index >= 15 is 0 Å². The van der Waals surface area contributed by atoms with Crippen molar-refractivity contribution in [2.24, 2.45) is 0 Å². The molecule has 0 spiro atoms. The summed E-state index contributed by atoms with van der Waals surface area (Å²) in [6.45, 7) is 2.50. The van der Waals surface area contributed by atoms with Gasteiger partial charge in [0.2, 0.25) is 5.91 Å². The Labute approximate surface area is 154 Å². The number of methoxy groups -OCH3 is 1. The van der Waals surface area contributed by atoms with Crippen LogP contribution in [0.2, 0.25) is 0 Å². The highest BCUT2D eigenvalue weighted by atomic mass is 32.2.